The zero-order valence-electron chi connectivity index (χ0n) is 19.4. The molecular weight excluding hydrogens is 629 g/mol. The zero-order valence-corrected chi connectivity index (χ0v) is 23.2. The van der Waals surface area contributed by atoms with Gasteiger partial charge < -0.3 is 39.5 Å². The van der Waals surface area contributed by atoms with Crippen LogP contribution in [0.15, 0.2) is 24.3 Å². The molecule has 0 atom stereocenters. The number of carbonyl (C=O) groups is 1. The smallest absolute Gasteiger partial charge is 0.275 e. The number of nitrogens with one attached hydrogen (secondary N) is 2. The number of pyridine rings is 1. The summed E-state index contributed by atoms with van der Waals surface area (Å²) in [6.45, 7) is 15.6. The van der Waals surface area contributed by atoms with E-state index in [0.29, 0.717) is 24.4 Å². The summed E-state index contributed by atoms with van der Waals surface area (Å²) in [6.07, 6.45) is 0.0954. The fourth-order valence-corrected chi connectivity index (χ4v) is 3.22. The van der Waals surface area contributed by atoms with Crippen molar-refractivity contribution in [3.63, 3.8) is 0 Å². The molecule has 8 nitrogen and oxygen atoms in total. The van der Waals surface area contributed by atoms with E-state index in [0.717, 1.165) is 35.3 Å². The van der Waals surface area contributed by atoms with Gasteiger partial charge in [0.05, 0.1) is 24.1 Å². The van der Waals surface area contributed by atoms with Crippen molar-refractivity contribution < 1.29 is 39.5 Å². The minimum atomic E-state index is -0.720. The Morgan fingerprint density at radius 3 is 2.50 bits per heavy atom. The molecule has 0 amide bonds. The van der Waals surface area contributed by atoms with Gasteiger partial charge in [0.1, 0.15) is 16.9 Å². The molecule has 0 saturated heterocycles. The molecule has 1 aromatic carbocycles. The van der Waals surface area contributed by atoms with Crippen molar-refractivity contribution in [2.24, 2.45) is 0 Å². The Labute approximate surface area is 213 Å². The standard InChI is InChI=1S/C20H26N5O2.C3H8N.Np/c1-5-16(26)27-20(3,4)12-25-15(11-22-6-2)24-17-18(25)13-9-7-8-10-14(13)23-19(17)21;1-3-4-2;/h7-10,22H,1,5-6,11-12H2,2-4H3,(H2,21,23);4H,1,3H2,2H3;/q2*-1;. The number of hydrogen-bond donors (Lipinski definition) is 3. The number of nitrogens with zero attached hydrogens (tertiary/aromatic N) is 3. The van der Waals surface area contributed by atoms with E-state index in [9.17, 15) is 4.79 Å². The maximum absolute atomic E-state index is 11.8. The molecule has 32 heavy (non-hydrogen) atoms. The van der Waals surface area contributed by atoms with Crippen LogP contribution in [0.5, 0.6) is 0 Å². The van der Waals surface area contributed by atoms with Gasteiger partial charge in [-0.3, -0.25) is 4.79 Å². The number of para-hydroxylation sites is 1. The maximum atomic E-state index is 11.8. The first-order valence-electron chi connectivity index (χ1n) is 10.5. The van der Waals surface area contributed by atoms with E-state index in [1.165, 1.54) is 0 Å². The number of esters is 1. The third-order valence-corrected chi connectivity index (χ3v) is 4.61. The molecule has 1 radical (unpaired) electrons. The van der Waals surface area contributed by atoms with Crippen LogP contribution in [-0.2, 0) is 22.6 Å². The van der Waals surface area contributed by atoms with E-state index in [1.807, 2.05) is 52.1 Å². The van der Waals surface area contributed by atoms with Gasteiger partial charge in [-0.05, 0) is 33.5 Å². The predicted molar refractivity (Wildman–Crippen MR) is 126 cm³/mol. The average molecular weight is 664 g/mol. The minimum absolute atomic E-state index is 0. The van der Waals surface area contributed by atoms with Crippen LogP contribution in [0.2, 0.25) is 0 Å². The summed E-state index contributed by atoms with van der Waals surface area (Å²) in [5.41, 5.74) is 7.86. The Hall–Kier alpha value is -1.70. The van der Waals surface area contributed by atoms with Crippen LogP contribution in [-0.4, -0.2) is 46.2 Å². The largest absolute Gasteiger partial charge is 0.460 e. The SMILES string of the molecule is [CH2-]CC(=O)OC(C)(C)Cn1c(CNCC)nc2c(N)nc3ccccc3c21.[CH2-]CNC.[Np]. The van der Waals surface area contributed by atoms with Crippen LogP contribution in [0, 0.1) is 43.8 Å². The van der Waals surface area contributed by atoms with Gasteiger partial charge in [-0.15, -0.1) is 6.54 Å². The quantitative estimate of drug-likeness (QED) is 0.252. The Morgan fingerprint density at radius 1 is 1.25 bits per heavy atom. The number of imidazole rings is 1. The van der Waals surface area contributed by atoms with Gasteiger partial charge in [0, 0.05) is 35.3 Å². The topological polar surface area (TPSA) is 107 Å². The molecule has 0 spiro atoms. The van der Waals surface area contributed by atoms with Gasteiger partial charge in [0.2, 0.25) is 0 Å². The molecule has 0 aliphatic rings. The fourth-order valence-electron chi connectivity index (χ4n) is 3.22. The molecule has 3 rings (SSSR count). The summed E-state index contributed by atoms with van der Waals surface area (Å²) in [5, 5.41) is 7.10. The van der Waals surface area contributed by atoms with Gasteiger partial charge in [-0.1, -0.05) is 31.5 Å². The summed E-state index contributed by atoms with van der Waals surface area (Å²) in [6, 6.07) is 7.84. The number of rotatable bonds is 8. The van der Waals surface area contributed by atoms with Gasteiger partial charge >= 0.3 is 0 Å². The van der Waals surface area contributed by atoms with E-state index >= 15 is 0 Å². The van der Waals surface area contributed by atoms with E-state index < -0.39 is 5.60 Å². The second-order valence-electron chi connectivity index (χ2n) is 7.69. The first-order valence-corrected chi connectivity index (χ1v) is 10.5. The molecule has 0 bridgehead atoms. The number of benzene rings is 1. The van der Waals surface area contributed by atoms with Crippen molar-refractivity contribution in [3.05, 3.63) is 43.9 Å². The van der Waals surface area contributed by atoms with Gasteiger partial charge in [0.25, 0.3) is 5.97 Å². The first-order chi connectivity index (χ1) is 14.8. The Morgan fingerprint density at radius 2 is 1.91 bits per heavy atom. The van der Waals surface area contributed by atoms with Gasteiger partial charge in [0.15, 0.2) is 5.82 Å². The van der Waals surface area contributed by atoms with E-state index in [1.54, 1.807) is 0 Å². The van der Waals surface area contributed by atoms with Crippen molar-refractivity contribution in [1.82, 2.24) is 25.2 Å². The fraction of sp³-hybridized carbons (Fsp3) is 0.435. The summed E-state index contributed by atoms with van der Waals surface area (Å²) >= 11 is 0. The number of carbonyl (C=O) groups excluding carboxylic acids is 1. The van der Waals surface area contributed by atoms with Crippen molar-refractivity contribution in [2.45, 2.75) is 45.9 Å². The summed E-state index contributed by atoms with van der Waals surface area (Å²) in [5.74, 6) is 0.895. The normalized spacial score (nSPS) is 11.1. The third-order valence-electron chi connectivity index (χ3n) is 4.61. The molecule has 0 aliphatic heterocycles. The summed E-state index contributed by atoms with van der Waals surface area (Å²) in [4.78, 5) is 21.0. The average Bonchev–Trinajstić information content (AvgIpc) is 3.10. The van der Waals surface area contributed by atoms with Crippen LogP contribution >= 0.6 is 0 Å². The minimum Gasteiger partial charge on any atom is -0.460 e. The molecule has 2 aromatic heterocycles. The molecule has 0 unspecified atom stereocenters. The Kier molecular flexibility index (Phi) is 11.6. The van der Waals surface area contributed by atoms with Crippen LogP contribution < -0.4 is 16.4 Å². The van der Waals surface area contributed by atoms with Gasteiger partial charge in [-0.2, -0.15) is 0 Å². The van der Waals surface area contributed by atoms with Crippen molar-refractivity contribution in [1.29, 1.82) is 0 Å². The number of anilines is 1. The molecule has 0 aliphatic carbocycles. The van der Waals surface area contributed by atoms with Crippen molar-refractivity contribution >= 4 is 33.7 Å². The van der Waals surface area contributed by atoms with Crippen LogP contribution in [0.25, 0.3) is 21.9 Å². The molecule has 2 heterocycles. The number of nitrogen functional groups attached to an aromatic ring is 1. The van der Waals surface area contributed by atoms with E-state index in [2.05, 4.69) is 34.0 Å². The Balaban J connectivity index is 0.000000945. The number of hydrogen-bond acceptors (Lipinski definition) is 7. The molecule has 9 heteroatoms. The summed E-state index contributed by atoms with van der Waals surface area (Å²) < 4.78 is 7.67. The van der Waals surface area contributed by atoms with E-state index in [-0.39, 0.29) is 42.3 Å². The number of fused-ring (bicyclic) bond motifs is 3. The maximum Gasteiger partial charge on any atom is 0.275 e. The zero-order chi connectivity index (χ0) is 23.0. The molecule has 4 N–H and O–H groups in total. The van der Waals surface area contributed by atoms with Crippen LogP contribution in [0.1, 0.15) is 33.0 Å². The molecule has 0 saturated carbocycles. The second kappa shape index (κ2) is 13.1. The van der Waals surface area contributed by atoms with Crippen LogP contribution in [0.4, 0.5) is 5.82 Å². The predicted octanol–water partition coefficient (Wildman–Crippen LogP) is 2.86. The Bertz CT molecular complexity index is 1020. The van der Waals surface area contributed by atoms with Crippen molar-refractivity contribution in [2.75, 3.05) is 25.9 Å². The second-order valence-corrected chi connectivity index (χ2v) is 7.69. The number of nitrogens with two attached hydrogens (primary N) is 1. The van der Waals surface area contributed by atoms with Crippen molar-refractivity contribution in [3.8, 4) is 0 Å². The number of aromatic nitrogens is 3. The molecular formula is C23H34N6NpO2-2. The first kappa shape index (κ1) is 28.3. The molecule has 3 aromatic rings. The summed E-state index contributed by atoms with van der Waals surface area (Å²) in [7, 11) is 1.87. The monoisotopic (exact) mass is 662 g/mol. The number of ether oxygens (including phenoxy) is 1. The van der Waals surface area contributed by atoms with E-state index in [4.69, 9.17) is 15.5 Å². The van der Waals surface area contributed by atoms with Gasteiger partial charge in [-0.25, -0.2) is 9.97 Å². The molecule has 0 fully saturated rings. The third kappa shape index (κ3) is 7.15. The van der Waals surface area contributed by atoms with Crippen LogP contribution in [0.3, 0.4) is 0 Å². The molecule has 175 valence electrons.